The molecule has 1 aromatic carbocycles. The molecule has 1 fully saturated rings. The number of imidazole rings is 1. The number of aliphatic hydroxyl groups excluding tert-OH is 1. The Labute approximate surface area is 148 Å². The fourth-order valence-corrected chi connectivity index (χ4v) is 4.26. The molecule has 0 amide bonds. The third-order valence-corrected chi connectivity index (χ3v) is 6.57. The summed E-state index contributed by atoms with van der Waals surface area (Å²) in [5, 5.41) is 10.2. The molecule has 1 aliphatic heterocycles. The lowest BCUT2D eigenvalue weighted by atomic mass is 10.1. The number of β-amino-alcohol motifs (C(OH)–C–C–N with tert-alkyl or cyclic N) is 1. The minimum Gasteiger partial charge on any atom is -0.391 e. The van der Waals surface area contributed by atoms with Gasteiger partial charge in [0.1, 0.15) is 0 Å². The lowest BCUT2D eigenvalue weighted by molar-refractivity contribution is 0.148. The Morgan fingerprint density at radius 3 is 2.56 bits per heavy atom. The van der Waals surface area contributed by atoms with Crippen LogP contribution >= 0.6 is 0 Å². The zero-order valence-electron chi connectivity index (χ0n) is 14.5. The highest BCUT2D eigenvalue weighted by molar-refractivity contribution is 7.89. The molecule has 7 nitrogen and oxygen atoms in total. The maximum absolute atomic E-state index is 12.0. The summed E-state index contributed by atoms with van der Waals surface area (Å²) in [6, 6.07) is 8.15. The van der Waals surface area contributed by atoms with Gasteiger partial charge in [0, 0.05) is 57.7 Å². The lowest BCUT2D eigenvalue weighted by Crippen LogP contribution is -2.33. The van der Waals surface area contributed by atoms with Crippen LogP contribution in [0.1, 0.15) is 5.56 Å². The van der Waals surface area contributed by atoms with Gasteiger partial charge in [-0.2, -0.15) is 0 Å². The Morgan fingerprint density at radius 1 is 1.24 bits per heavy atom. The molecule has 0 bridgehead atoms. The van der Waals surface area contributed by atoms with Crippen LogP contribution in [0.25, 0.3) is 5.69 Å². The van der Waals surface area contributed by atoms with Crippen LogP contribution in [-0.2, 0) is 16.6 Å². The van der Waals surface area contributed by atoms with Crippen LogP contribution in [0, 0.1) is 5.92 Å². The summed E-state index contributed by atoms with van der Waals surface area (Å²) in [4.78, 5) is 6.14. The number of hydrogen-bond acceptors (Lipinski definition) is 5. The summed E-state index contributed by atoms with van der Waals surface area (Å²) in [5.41, 5.74) is 2.17. The normalized spacial score (nSPS) is 21.9. The van der Waals surface area contributed by atoms with Crippen molar-refractivity contribution in [1.29, 1.82) is 0 Å². The van der Waals surface area contributed by atoms with E-state index in [1.807, 2.05) is 35.0 Å². The van der Waals surface area contributed by atoms with Gasteiger partial charge < -0.3 is 9.67 Å². The van der Waals surface area contributed by atoms with E-state index in [0.717, 1.165) is 11.3 Å². The van der Waals surface area contributed by atoms with Gasteiger partial charge in [0.05, 0.1) is 18.2 Å². The van der Waals surface area contributed by atoms with Crippen LogP contribution in [0.4, 0.5) is 0 Å². The maximum Gasteiger partial charge on any atom is 0.214 e. The van der Waals surface area contributed by atoms with E-state index in [1.165, 1.54) is 18.4 Å². The number of aromatic nitrogens is 2. The highest BCUT2D eigenvalue weighted by Crippen LogP contribution is 2.22. The highest BCUT2D eigenvalue weighted by atomic mass is 32.2. The van der Waals surface area contributed by atoms with Crippen LogP contribution in [0.2, 0.25) is 0 Å². The largest absolute Gasteiger partial charge is 0.391 e. The molecule has 136 valence electrons. The van der Waals surface area contributed by atoms with Gasteiger partial charge in [-0.3, -0.25) is 4.90 Å². The van der Waals surface area contributed by atoms with E-state index < -0.39 is 16.1 Å². The zero-order chi connectivity index (χ0) is 18.0. The molecule has 0 unspecified atom stereocenters. The molecule has 1 saturated heterocycles. The Morgan fingerprint density at radius 2 is 1.96 bits per heavy atom. The summed E-state index contributed by atoms with van der Waals surface area (Å²) >= 11 is 0. The Bertz CT molecular complexity index is 788. The average Bonchev–Trinajstić information content (AvgIpc) is 3.19. The maximum atomic E-state index is 12.0. The molecule has 8 heteroatoms. The SMILES string of the molecule is CN(C)S(=O)(=O)C[C@@H]1CN(Cc2ccc(-n3ccnc3)cc2)C[C@@H]1O. The van der Waals surface area contributed by atoms with Gasteiger partial charge >= 0.3 is 0 Å². The number of aliphatic hydroxyl groups is 1. The Balaban J connectivity index is 1.61. The number of sulfonamides is 1. The van der Waals surface area contributed by atoms with Crippen LogP contribution in [-0.4, -0.2) is 71.3 Å². The third-order valence-electron chi connectivity index (χ3n) is 4.61. The average molecular weight is 364 g/mol. The molecule has 1 aromatic heterocycles. The van der Waals surface area contributed by atoms with Crippen LogP contribution in [0.5, 0.6) is 0 Å². The lowest BCUT2D eigenvalue weighted by Gasteiger charge is -2.18. The van der Waals surface area contributed by atoms with Gasteiger partial charge in [-0.1, -0.05) is 12.1 Å². The molecule has 1 aliphatic rings. The van der Waals surface area contributed by atoms with Gasteiger partial charge in [0.25, 0.3) is 0 Å². The fourth-order valence-electron chi connectivity index (χ4n) is 3.10. The van der Waals surface area contributed by atoms with Crippen molar-refractivity contribution in [3.05, 3.63) is 48.5 Å². The van der Waals surface area contributed by atoms with Crippen molar-refractivity contribution in [2.75, 3.05) is 32.9 Å². The van der Waals surface area contributed by atoms with Crippen molar-refractivity contribution in [2.45, 2.75) is 12.6 Å². The first-order valence-electron chi connectivity index (χ1n) is 8.23. The third kappa shape index (κ3) is 4.27. The first-order chi connectivity index (χ1) is 11.8. The number of likely N-dealkylation sites (tertiary alicyclic amines) is 1. The topological polar surface area (TPSA) is 78.7 Å². The molecular formula is C17H24N4O3S. The quantitative estimate of drug-likeness (QED) is 0.810. The minimum absolute atomic E-state index is 0.0166. The highest BCUT2D eigenvalue weighted by Gasteiger charge is 2.35. The van der Waals surface area contributed by atoms with Gasteiger partial charge in [0.2, 0.25) is 10.0 Å². The standard InChI is InChI=1S/C17H24N4O3S/c1-19(2)25(23,24)12-15-10-20(11-17(15)22)9-14-3-5-16(6-4-14)21-8-7-18-13-21/h3-8,13,15,17,22H,9-12H2,1-2H3/t15-,17-/m0/s1. The van der Waals surface area contributed by atoms with E-state index in [-0.39, 0.29) is 11.7 Å². The van der Waals surface area contributed by atoms with Crippen molar-refractivity contribution >= 4 is 10.0 Å². The van der Waals surface area contributed by atoms with Crippen molar-refractivity contribution in [3.63, 3.8) is 0 Å². The molecule has 25 heavy (non-hydrogen) atoms. The summed E-state index contributed by atoms with van der Waals surface area (Å²) in [6.45, 7) is 1.77. The molecule has 2 atom stereocenters. The molecule has 3 rings (SSSR count). The van der Waals surface area contributed by atoms with Crippen LogP contribution in [0.3, 0.4) is 0 Å². The smallest absolute Gasteiger partial charge is 0.214 e. The van der Waals surface area contributed by atoms with Gasteiger partial charge in [-0.05, 0) is 17.7 Å². The molecular weight excluding hydrogens is 340 g/mol. The number of nitrogens with zero attached hydrogens (tertiary/aromatic N) is 4. The molecule has 2 aromatic rings. The number of benzene rings is 1. The molecule has 0 spiro atoms. The Hall–Kier alpha value is -1.74. The molecule has 0 aliphatic carbocycles. The van der Waals surface area contributed by atoms with Crippen molar-refractivity contribution in [2.24, 2.45) is 5.92 Å². The monoisotopic (exact) mass is 364 g/mol. The fraction of sp³-hybridized carbons (Fsp3) is 0.471. The van der Waals surface area contributed by atoms with Crippen molar-refractivity contribution in [1.82, 2.24) is 18.8 Å². The summed E-state index contributed by atoms with van der Waals surface area (Å²) in [6.07, 6.45) is 4.77. The van der Waals surface area contributed by atoms with Crippen molar-refractivity contribution < 1.29 is 13.5 Å². The van der Waals surface area contributed by atoms with Crippen LogP contribution in [0.15, 0.2) is 43.0 Å². The first kappa shape index (κ1) is 18.1. The second kappa shape index (κ2) is 7.25. The van der Waals surface area contributed by atoms with Crippen molar-refractivity contribution in [3.8, 4) is 5.69 Å². The van der Waals surface area contributed by atoms with E-state index >= 15 is 0 Å². The minimum atomic E-state index is -3.30. The second-order valence-electron chi connectivity index (χ2n) is 6.72. The zero-order valence-corrected chi connectivity index (χ0v) is 15.3. The van der Waals surface area contributed by atoms with Gasteiger partial charge in [-0.25, -0.2) is 17.7 Å². The molecule has 0 radical (unpaired) electrons. The van der Waals surface area contributed by atoms with E-state index in [2.05, 4.69) is 9.88 Å². The number of rotatable bonds is 6. The molecule has 0 saturated carbocycles. The van der Waals surface area contributed by atoms with E-state index in [9.17, 15) is 13.5 Å². The van der Waals surface area contributed by atoms with Gasteiger partial charge in [0.15, 0.2) is 0 Å². The Kier molecular flexibility index (Phi) is 5.24. The van der Waals surface area contributed by atoms with Gasteiger partial charge in [-0.15, -0.1) is 0 Å². The predicted octanol–water partition coefficient (Wildman–Crippen LogP) is 0.556. The predicted molar refractivity (Wildman–Crippen MR) is 95.8 cm³/mol. The van der Waals surface area contributed by atoms with E-state index in [0.29, 0.717) is 19.6 Å². The number of hydrogen-bond donors (Lipinski definition) is 1. The molecule has 1 N–H and O–H groups in total. The second-order valence-corrected chi connectivity index (χ2v) is 8.95. The summed E-state index contributed by atoms with van der Waals surface area (Å²) in [7, 11) is -0.255. The van der Waals surface area contributed by atoms with E-state index in [1.54, 1.807) is 12.5 Å². The van der Waals surface area contributed by atoms with Crippen LogP contribution < -0.4 is 0 Å². The molecule has 2 heterocycles. The summed E-state index contributed by atoms with van der Waals surface area (Å²) in [5.74, 6) is -0.269. The summed E-state index contributed by atoms with van der Waals surface area (Å²) < 4.78 is 27.2. The first-order valence-corrected chi connectivity index (χ1v) is 9.84. The van der Waals surface area contributed by atoms with E-state index in [4.69, 9.17) is 0 Å².